The van der Waals surface area contributed by atoms with E-state index in [9.17, 15) is 24.3 Å². The van der Waals surface area contributed by atoms with Gasteiger partial charge in [0.25, 0.3) is 5.91 Å². The highest BCUT2D eigenvalue weighted by atomic mass is 16.5. The topological polar surface area (TPSA) is 123 Å². The summed E-state index contributed by atoms with van der Waals surface area (Å²) in [4.78, 5) is 53.4. The lowest BCUT2D eigenvalue weighted by Gasteiger charge is -2.22. The Morgan fingerprint density at radius 1 is 0.680 bits per heavy atom. The first-order valence-electron chi connectivity index (χ1n) is 16.7. The molecule has 0 aliphatic rings. The fourth-order valence-corrected chi connectivity index (χ4v) is 5.19. The Morgan fingerprint density at radius 2 is 1.26 bits per heavy atom. The largest absolute Gasteiger partial charge is 0.497 e. The molecule has 50 heavy (non-hydrogen) atoms. The van der Waals surface area contributed by atoms with Crippen LogP contribution in [0.1, 0.15) is 70.9 Å². The molecule has 0 radical (unpaired) electrons. The van der Waals surface area contributed by atoms with Gasteiger partial charge in [-0.25, -0.2) is 4.79 Å². The van der Waals surface area contributed by atoms with Gasteiger partial charge in [0.2, 0.25) is 5.91 Å². The van der Waals surface area contributed by atoms with Crippen molar-refractivity contribution in [2.24, 2.45) is 0 Å². The van der Waals surface area contributed by atoms with E-state index in [0.717, 1.165) is 18.4 Å². The number of likely N-dealkylation sites (N-methyl/N-ethyl adjacent to an activating group) is 1. The van der Waals surface area contributed by atoms with Crippen LogP contribution in [0.5, 0.6) is 17.2 Å². The molecule has 0 saturated heterocycles. The maximum absolute atomic E-state index is 13.4. The molecular weight excluding hydrogens is 636 g/mol. The number of aliphatic carboxylic acids is 1. The van der Waals surface area contributed by atoms with Crippen LogP contribution >= 0.6 is 0 Å². The number of carbonyl (C=O) groups excluding carboxylic acids is 3. The first-order chi connectivity index (χ1) is 24.2. The van der Waals surface area contributed by atoms with Crippen molar-refractivity contribution in [3.63, 3.8) is 0 Å². The maximum atomic E-state index is 13.4. The van der Waals surface area contributed by atoms with Gasteiger partial charge >= 0.3 is 11.9 Å². The lowest BCUT2D eigenvalue weighted by atomic mass is 10.1. The van der Waals surface area contributed by atoms with Crippen molar-refractivity contribution in [1.82, 2.24) is 4.90 Å². The van der Waals surface area contributed by atoms with E-state index in [-0.39, 0.29) is 24.4 Å². The molecule has 10 heteroatoms. The number of carboxylic acid groups (broad SMARTS) is 1. The Balaban J connectivity index is 1.31. The van der Waals surface area contributed by atoms with Crippen LogP contribution in [0.2, 0.25) is 0 Å². The average Bonchev–Trinajstić information content (AvgIpc) is 3.13. The Morgan fingerprint density at radius 3 is 1.88 bits per heavy atom. The van der Waals surface area contributed by atoms with Gasteiger partial charge in [-0.05, 0) is 90.3 Å². The predicted octanol–water partition coefficient (Wildman–Crippen LogP) is 7.20. The zero-order valence-corrected chi connectivity index (χ0v) is 28.8. The molecule has 4 rings (SSSR count). The Hall–Kier alpha value is -5.64. The molecule has 262 valence electrons. The molecule has 0 atom stereocenters. The molecule has 2 amide bonds. The number of esters is 1. The number of hydrogen-bond acceptors (Lipinski definition) is 7. The smallest absolute Gasteiger partial charge is 0.343 e. The highest BCUT2D eigenvalue weighted by Gasteiger charge is 2.20. The summed E-state index contributed by atoms with van der Waals surface area (Å²) in [5, 5.41) is 9.53. The van der Waals surface area contributed by atoms with Gasteiger partial charge in [-0.2, -0.15) is 0 Å². The zero-order valence-electron chi connectivity index (χ0n) is 28.8. The number of benzene rings is 4. The average molecular weight is 681 g/mol. The highest BCUT2D eigenvalue weighted by molar-refractivity contribution is 5.98. The summed E-state index contributed by atoms with van der Waals surface area (Å²) in [6.45, 7) is 2.31. The summed E-state index contributed by atoms with van der Waals surface area (Å²) in [7, 11) is 3.23. The fourth-order valence-electron chi connectivity index (χ4n) is 5.19. The van der Waals surface area contributed by atoms with Crippen molar-refractivity contribution in [2.45, 2.75) is 52.0 Å². The van der Waals surface area contributed by atoms with Crippen LogP contribution in [0.25, 0.3) is 0 Å². The normalized spacial score (nSPS) is 10.6. The third-order valence-electron chi connectivity index (χ3n) is 8.12. The summed E-state index contributed by atoms with van der Waals surface area (Å²) < 4.78 is 16.5. The van der Waals surface area contributed by atoms with Crippen LogP contribution < -0.4 is 19.1 Å². The third-order valence-corrected chi connectivity index (χ3v) is 8.12. The van der Waals surface area contributed by atoms with E-state index in [4.69, 9.17) is 14.2 Å². The van der Waals surface area contributed by atoms with Crippen molar-refractivity contribution >= 4 is 29.4 Å². The molecule has 10 nitrogen and oxygen atoms in total. The summed E-state index contributed by atoms with van der Waals surface area (Å²) in [5.41, 5.74) is 2.73. The first kappa shape index (κ1) is 37.2. The second-order valence-corrected chi connectivity index (χ2v) is 11.9. The monoisotopic (exact) mass is 680 g/mol. The molecule has 1 N–H and O–H groups in total. The SMILES string of the molecule is CCCCCCCOc1ccc(C(=O)Oc2ccc(CN(CC(=O)O)C(=O)c3ccc(N(C)C(=O)Cc4ccc(OC)cc4)cc3)cc2)cc1. The number of hydrogen-bond donors (Lipinski definition) is 1. The van der Waals surface area contributed by atoms with Gasteiger partial charge in [-0.1, -0.05) is 56.9 Å². The molecule has 0 spiro atoms. The number of carboxylic acids is 1. The summed E-state index contributed by atoms with van der Waals surface area (Å²) in [6, 6.07) is 27.0. The third kappa shape index (κ3) is 11.2. The molecule has 4 aromatic rings. The Bertz CT molecular complexity index is 1700. The second-order valence-electron chi connectivity index (χ2n) is 11.9. The predicted molar refractivity (Wildman–Crippen MR) is 191 cm³/mol. The minimum absolute atomic E-state index is 0.0153. The highest BCUT2D eigenvalue weighted by Crippen LogP contribution is 2.21. The molecule has 0 heterocycles. The Kier molecular flexibility index (Phi) is 14.0. The first-order valence-corrected chi connectivity index (χ1v) is 16.7. The van der Waals surface area contributed by atoms with Gasteiger partial charge in [0.1, 0.15) is 23.8 Å². The van der Waals surface area contributed by atoms with E-state index in [1.54, 1.807) is 99.1 Å². The lowest BCUT2D eigenvalue weighted by Crippen LogP contribution is -2.35. The van der Waals surface area contributed by atoms with Crippen LogP contribution in [-0.4, -0.2) is 61.1 Å². The number of methoxy groups -OCH3 is 1. The van der Waals surface area contributed by atoms with Gasteiger partial charge in [0, 0.05) is 24.8 Å². The van der Waals surface area contributed by atoms with E-state index in [1.165, 1.54) is 29.1 Å². The number of rotatable bonds is 18. The molecule has 0 aliphatic carbocycles. The molecule has 4 aromatic carbocycles. The lowest BCUT2D eigenvalue weighted by molar-refractivity contribution is -0.137. The summed E-state index contributed by atoms with van der Waals surface area (Å²) in [5.74, 6) is -0.593. The number of anilines is 1. The molecule has 0 bridgehead atoms. The van der Waals surface area contributed by atoms with Gasteiger partial charge in [0.15, 0.2) is 0 Å². The van der Waals surface area contributed by atoms with Crippen LogP contribution in [0.4, 0.5) is 5.69 Å². The molecule has 0 aromatic heterocycles. The molecule has 0 unspecified atom stereocenters. The molecule has 0 aliphatic heterocycles. The van der Waals surface area contributed by atoms with E-state index in [0.29, 0.717) is 40.7 Å². The van der Waals surface area contributed by atoms with Crippen LogP contribution in [0.15, 0.2) is 97.1 Å². The fraction of sp³-hybridized carbons (Fsp3) is 0.300. The Labute approximate surface area is 293 Å². The van der Waals surface area contributed by atoms with Crippen molar-refractivity contribution < 1.29 is 38.5 Å². The van der Waals surface area contributed by atoms with Crippen LogP contribution in [-0.2, 0) is 22.6 Å². The number of nitrogens with zero attached hydrogens (tertiary/aromatic N) is 2. The van der Waals surface area contributed by atoms with E-state index in [2.05, 4.69) is 6.92 Å². The van der Waals surface area contributed by atoms with Gasteiger partial charge in [0.05, 0.1) is 25.7 Å². The van der Waals surface area contributed by atoms with Crippen molar-refractivity contribution in [3.8, 4) is 17.2 Å². The standard InChI is InChI=1S/C40H44N2O8/c1-4-5-6-7-8-25-49-35-23-15-32(16-24-35)40(47)50-36-21-11-30(12-22-36)27-42(28-38(44)45)39(46)31-13-17-33(18-14-31)41(2)37(43)26-29-9-19-34(48-3)20-10-29/h9-24H,4-8,25-28H2,1-3H3,(H,44,45). The van der Waals surface area contributed by atoms with Crippen LogP contribution in [0, 0.1) is 0 Å². The van der Waals surface area contributed by atoms with E-state index < -0.39 is 24.4 Å². The zero-order chi connectivity index (χ0) is 35.9. The van der Waals surface area contributed by atoms with Crippen molar-refractivity contribution in [1.29, 1.82) is 0 Å². The van der Waals surface area contributed by atoms with E-state index >= 15 is 0 Å². The quantitative estimate of drug-likeness (QED) is 0.0666. The second kappa shape index (κ2) is 18.8. The van der Waals surface area contributed by atoms with Gasteiger partial charge < -0.3 is 29.1 Å². The number of unbranched alkanes of at least 4 members (excludes halogenated alkanes) is 4. The molecular formula is C40H44N2O8. The minimum Gasteiger partial charge on any atom is -0.497 e. The number of amides is 2. The number of carbonyl (C=O) groups is 4. The summed E-state index contributed by atoms with van der Waals surface area (Å²) in [6.07, 6.45) is 5.94. The van der Waals surface area contributed by atoms with Crippen LogP contribution in [0.3, 0.4) is 0 Å². The maximum Gasteiger partial charge on any atom is 0.343 e. The number of ether oxygens (including phenoxy) is 3. The van der Waals surface area contributed by atoms with Crippen molar-refractivity contribution in [2.75, 3.05) is 32.2 Å². The molecule has 0 saturated carbocycles. The van der Waals surface area contributed by atoms with Crippen molar-refractivity contribution in [3.05, 3.63) is 119 Å². The van der Waals surface area contributed by atoms with Gasteiger partial charge in [-0.15, -0.1) is 0 Å². The summed E-state index contributed by atoms with van der Waals surface area (Å²) >= 11 is 0. The molecule has 0 fully saturated rings. The van der Waals surface area contributed by atoms with Gasteiger partial charge in [-0.3, -0.25) is 14.4 Å². The van der Waals surface area contributed by atoms with E-state index in [1.807, 2.05) is 12.1 Å². The minimum atomic E-state index is -1.16.